The number of phenols is 1. The van der Waals surface area contributed by atoms with Crippen LogP contribution in [0.1, 0.15) is 39.8 Å². The predicted octanol–water partition coefficient (Wildman–Crippen LogP) is 4.12. The molecule has 0 unspecified atom stereocenters. The molecule has 0 aliphatic rings. The van der Waals surface area contributed by atoms with Gasteiger partial charge in [0.25, 0.3) is 5.91 Å². The fourth-order valence-electron chi connectivity index (χ4n) is 4.51. The number of aryl methyl sites for hydroxylation is 2. The van der Waals surface area contributed by atoms with E-state index in [1.54, 1.807) is 37.5 Å². The number of amides is 2. The van der Waals surface area contributed by atoms with Crippen molar-refractivity contribution < 1.29 is 14.7 Å². The van der Waals surface area contributed by atoms with E-state index in [9.17, 15) is 14.7 Å². The molecule has 5 rings (SSSR count). The molecule has 9 heteroatoms. The average Bonchev–Trinajstić information content (AvgIpc) is 3.50. The molecule has 9 nitrogen and oxygen atoms in total. The van der Waals surface area contributed by atoms with Crippen molar-refractivity contribution in [2.45, 2.75) is 26.3 Å². The van der Waals surface area contributed by atoms with Gasteiger partial charge in [0.15, 0.2) is 0 Å². The van der Waals surface area contributed by atoms with Crippen LogP contribution in [-0.4, -0.2) is 43.1 Å². The minimum absolute atomic E-state index is 0.0639. The van der Waals surface area contributed by atoms with E-state index < -0.39 is 6.04 Å². The molecule has 0 bridgehead atoms. The van der Waals surface area contributed by atoms with Crippen molar-refractivity contribution in [3.8, 4) is 22.7 Å². The van der Waals surface area contributed by atoms with Crippen molar-refractivity contribution in [1.82, 2.24) is 29.8 Å². The first-order valence-electron chi connectivity index (χ1n) is 12.2. The number of carbonyl (C=O) groups excluding carboxylic acids is 2. The van der Waals surface area contributed by atoms with Crippen molar-refractivity contribution in [2.75, 3.05) is 7.05 Å². The van der Waals surface area contributed by atoms with Crippen LogP contribution in [0.15, 0.2) is 79.1 Å². The lowest BCUT2D eigenvalue weighted by atomic mass is 10.0. The molecule has 3 aromatic heterocycles. The third kappa shape index (κ3) is 4.99. The van der Waals surface area contributed by atoms with Crippen LogP contribution in [0.3, 0.4) is 0 Å². The molecule has 3 heterocycles. The number of hydrogen-bond donors (Lipinski definition) is 3. The standard InChI is InChI=1S/C29H28N6O3/c1-18-13-19(2)35(33-18)23-6-4-5-21(14-23)26-17-31-27-15-22(11-12-34(26)27)29(38)32-25(16-28(37)30-3)20-7-9-24(36)10-8-20/h4-15,17,25,36H,16H2,1-3H3,(H,30,37)(H,32,38)/t25-/m0/s1. The predicted molar refractivity (Wildman–Crippen MR) is 144 cm³/mol. The van der Waals surface area contributed by atoms with E-state index in [-0.39, 0.29) is 24.0 Å². The first-order chi connectivity index (χ1) is 18.3. The molecule has 1 atom stereocenters. The summed E-state index contributed by atoms with van der Waals surface area (Å²) in [5, 5.41) is 19.7. The molecule has 5 aromatic rings. The number of imidazole rings is 1. The largest absolute Gasteiger partial charge is 0.508 e. The number of nitrogens with one attached hydrogen (secondary N) is 2. The van der Waals surface area contributed by atoms with Gasteiger partial charge in [0.1, 0.15) is 11.4 Å². The number of hydrogen-bond acceptors (Lipinski definition) is 5. The van der Waals surface area contributed by atoms with Gasteiger partial charge in [-0.15, -0.1) is 0 Å². The van der Waals surface area contributed by atoms with Gasteiger partial charge in [-0.2, -0.15) is 5.10 Å². The van der Waals surface area contributed by atoms with Gasteiger partial charge in [-0.3, -0.25) is 14.0 Å². The third-order valence-corrected chi connectivity index (χ3v) is 6.44. The second-order valence-electron chi connectivity index (χ2n) is 9.17. The molecule has 0 saturated heterocycles. The molecule has 0 saturated carbocycles. The number of aromatic nitrogens is 4. The normalized spacial score (nSPS) is 11.9. The summed E-state index contributed by atoms with van der Waals surface area (Å²) >= 11 is 0. The van der Waals surface area contributed by atoms with E-state index in [0.29, 0.717) is 16.8 Å². The van der Waals surface area contributed by atoms with Crippen molar-refractivity contribution >= 4 is 17.5 Å². The number of fused-ring (bicyclic) bond motifs is 1. The molecule has 192 valence electrons. The molecular weight excluding hydrogens is 480 g/mol. The summed E-state index contributed by atoms with van der Waals surface area (Å²) in [5.74, 6) is -0.426. The molecular formula is C29H28N6O3. The molecule has 3 N–H and O–H groups in total. The van der Waals surface area contributed by atoms with E-state index in [1.807, 2.05) is 53.4 Å². The van der Waals surface area contributed by atoms with E-state index in [1.165, 1.54) is 12.1 Å². The van der Waals surface area contributed by atoms with Gasteiger partial charge >= 0.3 is 0 Å². The zero-order valence-electron chi connectivity index (χ0n) is 21.3. The number of nitrogens with zero attached hydrogens (tertiary/aromatic N) is 4. The number of benzene rings is 2. The van der Waals surface area contributed by atoms with E-state index in [2.05, 4.69) is 26.8 Å². The van der Waals surface area contributed by atoms with Crippen molar-refractivity contribution in [3.05, 3.63) is 102 Å². The Kier molecular flexibility index (Phi) is 6.66. The highest BCUT2D eigenvalue weighted by atomic mass is 16.3. The SMILES string of the molecule is CNC(=O)C[C@H](NC(=O)c1ccn2c(-c3cccc(-n4nc(C)cc4C)c3)cnc2c1)c1ccc(O)cc1. The number of aromatic hydroxyl groups is 1. The first kappa shape index (κ1) is 24.8. The number of phenolic OH excluding ortho intramolecular Hbond substituents is 1. The summed E-state index contributed by atoms with van der Waals surface area (Å²) in [6, 6.07) is 19.4. The number of rotatable bonds is 7. The average molecular weight is 509 g/mol. The molecule has 2 aromatic carbocycles. The van der Waals surface area contributed by atoms with Gasteiger partial charge in [0.05, 0.1) is 35.7 Å². The van der Waals surface area contributed by atoms with E-state index in [4.69, 9.17) is 0 Å². The van der Waals surface area contributed by atoms with Gasteiger partial charge < -0.3 is 15.7 Å². The highest BCUT2D eigenvalue weighted by Gasteiger charge is 2.20. The van der Waals surface area contributed by atoms with Gasteiger partial charge in [0, 0.05) is 30.1 Å². The Morgan fingerprint density at radius 3 is 2.53 bits per heavy atom. The molecule has 38 heavy (non-hydrogen) atoms. The Hall–Kier alpha value is -4.92. The molecule has 0 fully saturated rings. The fraction of sp³-hybridized carbons (Fsp3) is 0.172. The first-order valence-corrected chi connectivity index (χ1v) is 12.2. The molecule has 0 radical (unpaired) electrons. The third-order valence-electron chi connectivity index (χ3n) is 6.44. The van der Waals surface area contributed by atoms with Gasteiger partial charge in [0.2, 0.25) is 5.91 Å². The van der Waals surface area contributed by atoms with E-state index in [0.717, 1.165) is 28.3 Å². The molecule has 2 amide bonds. The molecule has 0 spiro atoms. The Bertz CT molecular complexity index is 1630. The molecule has 0 aliphatic carbocycles. The Labute approximate surface area is 219 Å². The second kappa shape index (κ2) is 10.2. The highest BCUT2D eigenvalue weighted by Crippen LogP contribution is 2.25. The number of carbonyl (C=O) groups is 2. The maximum atomic E-state index is 13.2. The zero-order valence-corrected chi connectivity index (χ0v) is 21.3. The Balaban J connectivity index is 1.42. The quantitative estimate of drug-likeness (QED) is 0.306. The van der Waals surface area contributed by atoms with Gasteiger partial charge in [-0.1, -0.05) is 24.3 Å². The lowest BCUT2D eigenvalue weighted by Gasteiger charge is -2.19. The van der Waals surface area contributed by atoms with Crippen LogP contribution < -0.4 is 10.6 Å². The lowest BCUT2D eigenvalue weighted by Crippen LogP contribution is -2.32. The van der Waals surface area contributed by atoms with Crippen LogP contribution in [0.2, 0.25) is 0 Å². The maximum absolute atomic E-state index is 13.2. The zero-order chi connectivity index (χ0) is 26.8. The smallest absolute Gasteiger partial charge is 0.251 e. The summed E-state index contributed by atoms with van der Waals surface area (Å²) in [6.07, 6.45) is 3.66. The minimum atomic E-state index is -0.563. The Morgan fingerprint density at radius 1 is 1.03 bits per heavy atom. The van der Waals surface area contributed by atoms with Crippen LogP contribution in [-0.2, 0) is 4.79 Å². The van der Waals surface area contributed by atoms with Crippen molar-refractivity contribution in [2.24, 2.45) is 0 Å². The maximum Gasteiger partial charge on any atom is 0.251 e. The van der Waals surface area contributed by atoms with E-state index >= 15 is 0 Å². The highest BCUT2D eigenvalue weighted by molar-refractivity contribution is 5.95. The second-order valence-corrected chi connectivity index (χ2v) is 9.17. The van der Waals surface area contributed by atoms with Crippen LogP contribution in [0, 0.1) is 13.8 Å². The summed E-state index contributed by atoms with van der Waals surface area (Å²) in [7, 11) is 1.55. The summed E-state index contributed by atoms with van der Waals surface area (Å²) in [5.41, 5.74) is 6.58. The molecule has 0 aliphatic heterocycles. The van der Waals surface area contributed by atoms with Crippen LogP contribution >= 0.6 is 0 Å². The van der Waals surface area contributed by atoms with Gasteiger partial charge in [-0.25, -0.2) is 9.67 Å². The topological polar surface area (TPSA) is 114 Å². The van der Waals surface area contributed by atoms with Crippen LogP contribution in [0.25, 0.3) is 22.6 Å². The summed E-state index contributed by atoms with van der Waals surface area (Å²) < 4.78 is 3.84. The minimum Gasteiger partial charge on any atom is -0.508 e. The Morgan fingerprint density at radius 2 is 1.82 bits per heavy atom. The summed E-state index contributed by atoms with van der Waals surface area (Å²) in [6.45, 7) is 3.99. The monoisotopic (exact) mass is 508 g/mol. The van der Waals surface area contributed by atoms with Crippen molar-refractivity contribution in [3.63, 3.8) is 0 Å². The van der Waals surface area contributed by atoms with Crippen LogP contribution in [0.5, 0.6) is 5.75 Å². The van der Waals surface area contributed by atoms with Gasteiger partial charge in [-0.05, 0) is 61.9 Å². The fourth-order valence-corrected chi connectivity index (χ4v) is 4.51. The van der Waals surface area contributed by atoms with Crippen LogP contribution in [0.4, 0.5) is 0 Å². The van der Waals surface area contributed by atoms with Crippen molar-refractivity contribution in [1.29, 1.82) is 0 Å². The summed E-state index contributed by atoms with van der Waals surface area (Å²) in [4.78, 5) is 29.8. The lowest BCUT2D eigenvalue weighted by molar-refractivity contribution is -0.121. The number of pyridine rings is 1.